The molecule has 0 aromatic heterocycles. The van der Waals surface area contributed by atoms with Gasteiger partial charge in [-0.1, -0.05) is 38.1 Å². The lowest BCUT2D eigenvalue weighted by Gasteiger charge is -2.27. The first kappa shape index (κ1) is 18.0. The molecule has 1 N–H and O–H groups in total. The minimum atomic E-state index is 0.0411. The molecule has 2 aliphatic heterocycles. The lowest BCUT2D eigenvalue weighted by molar-refractivity contribution is 0.200. The number of allylic oxidation sites excluding steroid dienone is 1. The standard InChI is InChI=1S/C21H31N3O/c1-5-7-16-8-6-9-19(15(2)3)20(16)22-21(25)24-13-12-17-10-11-18(14-24)23(17)4/h5-6,8-9,15,17-18H,1,7,10-14H2,2-4H3,(H,22,25)/t17-,18+/m1/s1. The van der Waals surface area contributed by atoms with Gasteiger partial charge in [-0.15, -0.1) is 6.58 Å². The van der Waals surface area contributed by atoms with Crippen molar-refractivity contribution in [3.05, 3.63) is 42.0 Å². The number of rotatable bonds is 4. The highest BCUT2D eigenvalue weighted by Gasteiger charge is 2.36. The number of carbonyl (C=O) groups excluding carboxylic acids is 1. The SMILES string of the molecule is C=CCc1cccc(C(C)C)c1NC(=O)N1CC[C@H]2CC[C@@H](C1)N2C. The summed E-state index contributed by atoms with van der Waals surface area (Å²) in [5.41, 5.74) is 3.31. The van der Waals surface area contributed by atoms with E-state index in [1.54, 1.807) is 0 Å². The van der Waals surface area contributed by atoms with Crippen LogP contribution in [0.25, 0.3) is 0 Å². The third kappa shape index (κ3) is 3.74. The Bertz CT molecular complexity index is 640. The molecular formula is C21H31N3O. The summed E-state index contributed by atoms with van der Waals surface area (Å²) in [7, 11) is 2.21. The molecule has 4 heteroatoms. The van der Waals surface area contributed by atoms with E-state index in [0.717, 1.165) is 37.2 Å². The zero-order valence-electron chi connectivity index (χ0n) is 15.8. The van der Waals surface area contributed by atoms with Gasteiger partial charge in [0.05, 0.1) is 0 Å². The van der Waals surface area contributed by atoms with Crippen LogP contribution in [-0.2, 0) is 6.42 Å². The third-order valence-electron chi connectivity index (χ3n) is 5.84. The van der Waals surface area contributed by atoms with Gasteiger partial charge in [0.2, 0.25) is 0 Å². The monoisotopic (exact) mass is 341 g/mol. The van der Waals surface area contributed by atoms with E-state index in [0.29, 0.717) is 18.0 Å². The molecule has 3 rings (SSSR count). The molecule has 25 heavy (non-hydrogen) atoms. The van der Waals surface area contributed by atoms with E-state index in [-0.39, 0.29) is 6.03 Å². The van der Waals surface area contributed by atoms with E-state index in [9.17, 15) is 4.79 Å². The van der Waals surface area contributed by atoms with Crippen LogP contribution in [0.15, 0.2) is 30.9 Å². The molecule has 0 aliphatic carbocycles. The number of carbonyl (C=O) groups is 1. The van der Waals surface area contributed by atoms with Crippen molar-refractivity contribution in [1.29, 1.82) is 0 Å². The Morgan fingerprint density at radius 1 is 1.32 bits per heavy atom. The Morgan fingerprint density at radius 2 is 2.08 bits per heavy atom. The van der Waals surface area contributed by atoms with Crippen molar-refractivity contribution in [3.8, 4) is 0 Å². The summed E-state index contributed by atoms with van der Waals surface area (Å²) in [5.74, 6) is 0.367. The summed E-state index contributed by atoms with van der Waals surface area (Å²) in [4.78, 5) is 17.5. The minimum absolute atomic E-state index is 0.0411. The first-order valence-electron chi connectivity index (χ1n) is 9.51. The van der Waals surface area contributed by atoms with Crippen LogP contribution in [0.2, 0.25) is 0 Å². The number of benzene rings is 1. The molecule has 0 spiro atoms. The van der Waals surface area contributed by atoms with Crippen LogP contribution in [-0.4, -0.2) is 48.1 Å². The maximum absolute atomic E-state index is 13.0. The fraction of sp³-hybridized carbons (Fsp3) is 0.571. The van der Waals surface area contributed by atoms with Gasteiger partial charge >= 0.3 is 6.03 Å². The van der Waals surface area contributed by atoms with Crippen LogP contribution in [0.1, 0.15) is 50.2 Å². The second-order valence-corrected chi connectivity index (χ2v) is 7.74. The number of amides is 2. The van der Waals surface area contributed by atoms with Gasteiger partial charge in [0, 0.05) is 30.9 Å². The molecule has 0 unspecified atom stereocenters. The Labute approximate surface area is 151 Å². The molecular weight excluding hydrogens is 310 g/mol. The predicted octanol–water partition coefficient (Wildman–Crippen LogP) is 4.24. The number of likely N-dealkylation sites (tertiary alicyclic amines) is 1. The topological polar surface area (TPSA) is 35.6 Å². The summed E-state index contributed by atoms with van der Waals surface area (Å²) in [5, 5.41) is 3.24. The van der Waals surface area contributed by atoms with Crippen LogP contribution in [0.3, 0.4) is 0 Å². The van der Waals surface area contributed by atoms with Gasteiger partial charge in [-0.2, -0.15) is 0 Å². The van der Waals surface area contributed by atoms with E-state index >= 15 is 0 Å². The maximum Gasteiger partial charge on any atom is 0.321 e. The molecule has 2 saturated heterocycles. The van der Waals surface area contributed by atoms with Crippen molar-refractivity contribution in [2.24, 2.45) is 0 Å². The number of anilines is 1. The molecule has 2 fully saturated rings. The Hall–Kier alpha value is -1.81. The fourth-order valence-electron chi connectivity index (χ4n) is 4.26. The molecule has 2 amide bonds. The Morgan fingerprint density at radius 3 is 2.80 bits per heavy atom. The largest absolute Gasteiger partial charge is 0.323 e. The van der Waals surface area contributed by atoms with Crippen molar-refractivity contribution in [2.45, 2.75) is 57.5 Å². The molecule has 1 aromatic carbocycles. The highest BCUT2D eigenvalue weighted by atomic mass is 16.2. The summed E-state index contributed by atoms with van der Waals surface area (Å²) in [6, 6.07) is 7.46. The number of likely N-dealkylation sites (N-methyl/N-ethyl adjacent to an activating group) is 1. The molecule has 2 bridgehead atoms. The molecule has 2 heterocycles. The smallest absolute Gasteiger partial charge is 0.321 e. The van der Waals surface area contributed by atoms with Crippen LogP contribution in [0, 0.1) is 0 Å². The number of nitrogens with zero attached hydrogens (tertiary/aromatic N) is 2. The lowest BCUT2D eigenvalue weighted by atomic mass is 9.96. The molecule has 2 atom stereocenters. The second-order valence-electron chi connectivity index (χ2n) is 7.74. The number of urea groups is 1. The fourth-order valence-corrected chi connectivity index (χ4v) is 4.26. The van der Waals surface area contributed by atoms with Gasteiger partial charge in [-0.3, -0.25) is 4.90 Å². The van der Waals surface area contributed by atoms with E-state index in [1.807, 2.05) is 11.0 Å². The number of fused-ring (bicyclic) bond motifs is 2. The molecule has 2 aliphatic rings. The van der Waals surface area contributed by atoms with Crippen molar-refractivity contribution in [2.75, 3.05) is 25.5 Å². The highest BCUT2D eigenvalue weighted by Crippen LogP contribution is 2.31. The zero-order valence-corrected chi connectivity index (χ0v) is 15.8. The average molecular weight is 341 g/mol. The Kier molecular flexibility index (Phi) is 5.48. The van der Waals surface area contributed by atoms with Gasteiger partial charge in [0.25, 0.3) is 0 Å². The summed E-state index contributed by atoms with van der Waals surface area (Å²) < 4.78 is 0. The average Bonchev–Trinajstić information content (AvgIpc) is 2.81. The molecule has 4 nitrogen and oxygen atoms in total. The third-order valence-corrected chi connectivity index (χ3v) is 5.84. The van der Waals surface area contributed by atoms with Crippen molar-refractivity contribution in [1.82, 2.24) is 9.80 Å². The zero-order chi connectivity index (χ0) is 18.0. The van der Waals surface area contributed by atoms with E-state index in [1.165, 1.54) is 18.4 Å². The number of hydrogen-bond acceptors (Lipinski definition) is 2. The molecule has 0 radical (unpaired) electrons. The van der Waals surface area contributed by atoms with E-state index in [2.05, 4.69) is 55.9 Å². The van der Waals surface area contributed by atoms with Crippen LogP contribution in [0.4, 0.5) is 10.5 Å². The van der Waals surface area contributed by atoms with Crippen molar-refractivity contribution >= 4 is 11.7 Å². The normalized spacial score (nSPS) is 23.6. The quantitative estimate of drug-likeness (QED) is 0.832. The highest BCUT2D eigenvalue weighted by molar-refractivity contribution is 5.91. The van der Waals surface area contributed by atoms with Crippen molar-refractivity contribution in [3.63, 3.8) is 0 Å². The Balaban J connectivity index is 1.79. The molecule has 0 saturated carbocycles. The van der Waals surface area contributed by atoms with Gasteiger partial charge in [0.1, 0.15) is 0 Å². The maximum atomic E-state index is 13.0. The lowest BCUT2D eigenvalue weighted by Crippen LogP contribution is -2.42. The number of nitrogens with one attached hydrogen (secondary N) is 1. The summed E-state index contributed by atoms with van der Waals surface area (Å²) >= 11 is 0. The minimum Gasteiger partial charge on any atom is -0.323 e. The summed E-state index contributed by atoms with van der Waals surface area (Å²) in [6.07, 6.45) is 6.22. The first-order chi connectivity index (χ1) is 12.0. The number of para-hydroxylation sites is 1. The van der Waals surface area contributed by atoms with Crippen LogP contribution < -0.4 is 5.32 Å². The number of hydrogen-bond donors (Lipinski definition) is 1. The van der Waals surface area contributed by atoms with E-state index < -0.39 is 0 Å². The predicted molar refractivity (Wildman–Crippen MR) is 104 cm³/mol. The van der Waals surface area contributed by atoms with Gasteiger partial charge < -0.3 is 10.2 Å². The molecule has 1 aromatic rings. The van der Waals surface area contributed by atoms with Crippen LogP contribution >= 0.6 is 0 Å². The van der Waals surface area contributed by atoms with Crippen LogP contribution in [0.5, 0.6) is 0 Å². The first-order valence-corrected chi connectivity index (χ1v) is 9.51. The van der Waals surface area contributed by atoms with Gasteiger partial charge in [-0.25, -0.2) is 4.79 Å². The van der Waals surface area contributed by atoms with E-state index in [4.69, 9.17) is 0 Å². The van der Waals surface area contributed by atoms with Crippen molar-refractivity contribution < 1.29 is 4.79 Å². The van der Waals surface area contributed by atoms with Gasteiger partial charge in [0.15, 0.2) is 0 Å². The summed E-state index contributed by atoms with van der Waals surface area (Å²) in [6.45, 7) is 9.87. The van der Waals surface area contributed by atoms with Gasteiger partial charge in [-0.05, 0) is 49.8 Å². The second kappa shape index (κ2) is 7.61. The molecule has 136 valence electrons.